The SMILES string of the molecule is CCC1CC=CC(C)C1F. The van der Waals surface area contributed by atoms with Crippen LogP contribution in [0.15, 0.2) is 12.2 Å². The van der Waals surface area contributed by atoms with Gasteiger partial charge in [-0.3, -0.25) is 0 Å². The fourth-order valence-corrected chi connectivity index (χ4v) is 1.53. The zero-order valence-electron chi connectivity index (χ0n) is 6.68. The first-order valence-electron chi connectivity index (χ1n) is 4.06. The molecule has 0 radical (unpaired) electrons. The summed E-state index contributed by atoms with van der Waals surface area (Å²) >= 11 is 0. The van der Waals surface area contributed by atoms with Gasteiger partial charge in [-0.15, -0.1) is 0 Å². The van der Waals surface area contributed by atoms with Crippen molar-refractivity contribution >= 4 is 0 Å². The van der Waals surface area contributed by atoms with E-state index in [4.69, 9.17) is 0 Å². The lowest BCUT2D eigenvalue weighted by Gasteiger charge is -2.25. The van der Waals surface area contributed by atoms with Gasteiger partial charge in [0.25, 0.3) is 0 Å². The van der Waals surface area contributed by atoms with Crippen molar-refractivity contribution in [2.75, 3.05) is 0 Å². The summed E-state index contributed by atoms with van der Waals surface area (Å²) in [6.45, 7) is 4.01. The Kier molecular flexibility index (Phi) is 2.47. The standard InChI is InChI=1S/C9H15F/c1-3-8-6-4-5-7(2)9(8)10/h4-5,7-9H,3,6H2,1-2H3. The largest absolute Gasteiger partial charge is 0.247 e. The second-order valence-corrected chi connectivity index (χ2v) is 3.14. The Hall–Kier alpha value is -0.330. The van der Waals surface area contributed by atoms with E-state index < -0.39 is 6.17 Å². The molecule has 0 aromatic rings. The van der Waals surface area contributed by atoms with E-state index in [2.05, 4.69) is 13.0 Å². The van der Waals surface area contributed by atoms with E-state index in [0.717, 1.165) is 12.8 Å². The average molecular weight is 142 g/mol. The highest BCUT2D eigenvalue weighted by atomic mass is 19.1. The van der Waals surface area contributed by atoms with Crippen molar-refractivity contribution in [3.8, 4) is 0 Å². The molecule has 0 aliphatic heterocycles. The molecule has 0 bridgehead atoms. The van der Waals surface area contributed by atoms with Crippen LogP contribution in [-0.4, -0.2) is 6.17 Å². The molecule has 3 unspecified atom stereocenters. The van der Waals surface area contributed by atoms with Crippen LogP contribution in [0.1, 0.15) is 26.7 Å². The Morgan fingerprint density at radius 2 is 2.30 bits per heavy atom. The Morgan fingerprint density at radius 3 is 2.80 bits per heavy atom. The number of hydrogen-bond donors (Lipinski definition) is 0. The normalized spacial score (nSPS) is 40.1. The molecule has 58 valence electrons. The van der Waals surface area contributed by atoms with Crippen LogP contribution in [0.3, 0.4) is 0 Å². The van der Waals surface area contributed by atoms with Gasteiger partial charge in [0, 0.05) is 5.92 Å². The van der Waals surface area contributed by atoms with Crippen LogP contribution in [0.4, 0.5) is 4.39 Å². The maximum Gasteiger partial charge on any atom is 0.109 e. The average Bonchev–Trinajstić information content (AvgIpc) is 1.95. The highest BCUT2D eigenvalue weighted by molar-refractivity contribution is 4.98. The van der Waals surface area contributed by atoms with Crippen LogP contribution in [0.2, 0.25) is 0 Å². The van der Waals surface area contributed by atoms with Gasteiger partial charge in [-0.25, -0.2) is 4.39 Å². The number of hydrogen-bond acceptors (Lipinski definition) is 0. The minimum Gasteiger partial charge on any atom is -0.247 e. The summed E-state index contributed by atoms with van der Waals surface area (Å²) < 4.78 is 13.2. The maximum absolute atomic E-state index is 13.2. The van der Waals surface area contributed by atoms with Gasteiger partial charge in [0.1, 0.15) is 6.17 Å². The molecule has 0 N–H and O–H groups in total. The molecule has 1 aliphatic carbocycles. The third-order valence-corrected chi connectivity index (χ3v) is 2.36. The molecule has 0 saturated heterocycles. The smallest absolute Gasteiger partial charge is 0.109 e. The fourth-order valence-electron chi connectivity index (χ4n) is 1.53. The lowest BCUT2D eigenvalue weighted by atomic mass is 9.84. The topological polar surface area (TPSA) is 0 Å². The summed E-state index contributed by atoms with van der Waals surface area (Å²) in [4.78, 5) is 0. The molecule has 0 amide bonds. The molecule has 1 heteroatoms. The molecule has 0 aromatic carbocycles. The summed E-state index contributed by atoms with van der Waals surface area (Å²) in [5.74, 6) is 0.415. The first-order valence-corrected chi connectivity index (χ1v) is 4.06. The van der Waals surface area contributed by atoms with Crippen molar-refractivity contribution in [1.82, 2.24) is 0 Å². The van der Waals surface area contributed by atoms with Crippen LogP contribution >= 0.6 is 0 Å². The van der Waals surface area contributed by atoms with Crippen molar-refractivity contribution < 1.29 is 4.39 Å². The molecular weight excluding hydrogens is 127 g/mol. The number of rotatable bonds is 1. The van der Waals surface area contributed by atoms with Gasteiger partial charge in [-0.2, -0.15) is 0 Å². The van der Waals surface area contributed by atoms with Crippen LogP contribution in [0.25, 0.3) is 0 Å². The minimum absolute atomic E-state index is 0.138. The maximum atomic E-state index is 13.2. The highest BCUT2D eigenvalue weighted by Gasteiger charge is 2.25. The predicted molar refractivity (Wildman–Crippen MR) is 41.6 cm³/mol. The van der Waals surface area contributed by atoms with Gasteiger partial charge >= 0.3 is 0 Å². The van der Waals surface area contributed by atoms with Crippen molar-refractivity contribution in [1.29, 1.82) is 0 Å². The molecule has 3 atom stereocenters. The van der Waals surface area contributed by atoms with Gasteiger partial charge in [0.2, 0.25) is 0 Å². The van der Waals surface area contributed by atoms with Crippen LogP contribution in [0, 0.1) is 11.8 Å². The van der Waals surface area contributed by atoms with E-state index in [1.165, 1.54) is 0 Å². The summed E-state index contributed by atoms with van der Waals surface area (Å²) in [5.41, 5.74) is 0. The first kappa shape index (κ1) is 7.77. The number of halogens is 1. The molecule has 0 nitrogen and oxygen atoms in total. The van der Waals surface area contributed by atoms with E-state index in [1.54, 1.807) is 0 Å². The molecule has 10 heavy (non-hydrogen) atoms. The minimum atomic E-state index is -0.602. The molecule has 1 aliphatic rings. The predicted octanol–water partition coefficient (Wildman–Crippen LogP) is 2.95. The second kappa shape index (κ2) is 3.18. The Bertz CT molecular complexity index is 129. The van der Waals surface area contributed by atoms with Crippen LogP contribution in [-0.2, 0) is 0 Å². The Balaban J connectivity index is 2.56. The van der Waals surface area contributed by atoms with Gasteiger partial charge in [0.15, 0.2) is 0 Å². The van der Waals surface area contributed by atoms with Gasteiger partial charge in [0.05, 0.1) is 0 Å². The van der Waals surface area contributed by atoms with Gasteiger partial charge in [-0.05, 0) is 12.3 Å². The summed E-state index contributed by atoms with van der Waals surface area (Å²) in [6, 6.07) is 0. The first-order chi connectivity index (χ1) is 4.75. The van der Waals surface area contributed by atoms with E-state index in [1.807, 2.05) is 13.0 Å². The lowest BCUT2D eigenvalue weighted by Crippen LogP contribution is -2.24. The molecule has 0 spiro atoms. The van der Waals surface area contributed by atoms with E-state index >= 15 is 0 Å². The number of alkyl halides is 1. The molecule has 0 saturated carbocycles. The third kappa shape index (κ3) is 1.39. The van der Waals surface area contributed by atoms with E-state index in [0.29, 0.717) is 0 Å². The van der Waals surface area contributed by atoms with Crippen molar-refractivity contribution in [2.45, 2.75) is 32.9 Å². The molecule has 0 heterocycles. The Labute approximate surface area is 62.1 Å². The fraction of sp³-hybridized carbons (Fsp3) is 0.778. The van der Waals surface area contributed by atoms with Crippen molar-refractivity contribution in [3.63, 3.8) is 0 Å². The van der Waals surface area contributed by atoms with Crippen LogP contribution < -0.4 is 0 Å². The quantitative estimate of drug-likeness (QED) is 0.494. The highest BCUT2D eigenvalue weighted by Crippen LogP contribution is 2.28. The zero-order valence-corrected chi connectivity index (χ0v) is 6.68. The second-order valence-electron chi connectivity index (χ2n) is 3.14. The molecule has 0 fully saturated rings. The number of allylic oxidation sites excluding steroid dienone is 2. The van der Waals surface area contributed by atoms with Crippen molar-refractivity contribution in [2.24, 2.45) is 11.8 Å². The van der Waals surface area contributed by atoms with E-state index in [-0.39, 0.29) is 11.8 Å². The van der Waals surface area contributed by atoms with Gasteiger partial charge in [-0.1, -0.05) is 32.4 Å². The Morgan fingerprint density at radius 1 is 1.60 bits per heavy atom. The molecular formula is C9H15F. The molecule has 0 aromatic heterocycles. The summed E-state index contributed by atoms with van der Waals surface area (Å²) in [5, 5.41) is 0. The van der Waals surface area contributed by atoms with Crippen LogP contribution in [0.5, 0.6) is 0 Å². The zero-order chi connectivity index (χ0) is 7.56. The molecule has 1 rings (SSSR count). The van der Waals surface area contributed by atoms with Gasteiger partial charge < -0.3 is 0 Å². The monoisotopic (exact) mass is 142 g/mol. The summed E-state index contributed by atoms with van der Waals surface area (Å²) in [6.07, 6.45) is 5.39. The van der Waals surface area contributed by atoms with E-state index in [9.17, 15) is 4.39 Å². The lowest BCUT2D eigenvalue weighted by molar-refractivity contribution is 0.170. The summed E-state index contributed by atoms with van der Waals surface area (Å²) in [7, 11) is 0. The third-order valence-electron chi connectivity index (χ3n) is 2.36. The van der Waals surface area contributed by atoms with Crippen molar-refractivity contribution in [3.05, 3.63) is 12.2 Å².